The fourth-order valence-corrected chi connectivity index (χ4v) is 2.26. The molecule has 0 atom stereocenters. The van der Waals surface area contributed by atoms with Gasteiger partial charge in [-0.3, -0.25) is 10.1 Å². The zero-order valence-corrected chi connectivity index (χ0v) is 14.9. The van der Waals surface area contributed by atoms with Gasteiger partial charge in [0.25, 0.3) is 11.5 Å². The average Bonchev–Trinajstić information content (AvgIpc) is 3.09. The minimum Gasteiger partial charge on any atom is -0.423 e. The number of nitro benzene ring substituents is 1. The molecule has 0 saturated heterocycles. The zero-order chi connectivity index (χ0) is 22.8. The highest BCUT2D eigenvalue weighted by Gasteiger charge is 2.39. The first kappa shape index (κ1) is 21.7. The minimum absolute atomic E-state index is 0.154. The number of non-ortho nitro benzene ring substituents is 1. The van der Waals surface area contributed by atoms with Crippen LogP contribution in [0.25, 0.3) is 0 Å². The monoisotopic (exact) mass is 445 g/mol. The van der Waals surface area contributed by atoms with Crippen molar-refractivity contribution in [3.8, 4) is 11.8 Å². The number of benzene rings is 2. The molecule has 14 heteroatoms. The van der Waals surface area contributed by atoms with E-state index in [4.69, 9.17) is 4.74 Å². The first-order chi connectivity index (χ1) is 14.4. The van der Waals surface area contributed by atoms with Gasteiger partial charge in [0.1, 0.15) is 5.75 Å². The van der Waals surface area contributed by atoms with E-state index in [0.717, 1.165) is 36.5 Å². The molecule has 0 aliphatic rings. The molecule has 0 unspecified atom stereocenters. The van der Waals surface area contributed by atoms with E-state index in [-0.39, 0.29) is 15.9 Å². The van der Waals surface area contributed by atoms with Crippen molar-refractivity contribution in [2.75, 3.05) is 0 Å². The minimum atomic E-state index is -5.00. The number of rotatable bonds is 5. The molecular weight excluding hydrogens is 436 g/mol. The van der Waals surface area contributed by atoms with Crippen LogP contribution in [0.4, 0.5) is 32.0 Å². The Balaban J connectivity index is 1.96. The Labute approximate surface area is 168 Å². The lowest BCUT2D eigenvalue weighted by atomic mass is 10.2. The summed E-state index contributed by atoms with van der Waals surface area (Å²) < 4.78 is 83.3. The Morgan fingerprint density at radius 2 is 1.68 bits per heavy atom. The standard InChI is InChI=1S/C17H9F6N5O3/c18-16(19,20)11-2-1-3-13(8-11)31-15-26-25-14(17(21,22)23)27(15)24-9-10-4-6-12(7-5-10)28(29)30/h1-9H/b24-9+. The van der Waals surface area contributed by atoms with Gasteiger partial charge in [-0.15, -0.1) is 5.10 Å². The number of hydrogen-bond donors (Lipinski definition) is 0. The third-order valence-electron chi connectivity index (χ3n) is 3.66. The summed E-state index contributed by atoms with van der Waals surface area (Å²) in [5, 5.41) is 20.4. The van der Waals surface area contributed by atoms with Crippen molar-refractivity contribution < 1.29 is 36.0 Å². The largest absolute Gasteiger partial charge is 0.453 e. The van der Waals surface area contributed by atoms with Gasteiger partial charge < -0.3 is 4.74 Å². The highest BCUT2D eigenvalue weighted by molar-refractivity contribution is 5.79. The van der Waals surface area contributed by atoms with E-state index >= 15 is 0 Å². The lowest BCUT2D eigenvalue weighted by molar-refractivity contribution is -0.384. The number of halogens is 6. The third kappa shape index (κ3) is 5.15. The predicted molar refractivity (Wildman–Crippen MR) is 92.6 cm³/mol. The Morgan fingerprint density at radius 1 is 1.00 bits per heavy atom. The summed E-state index contributed by atoms with van der Waals surface area (Å²) in [5.41, 5.74) is -1.13. The van der Waals surface area contributed by atoms with Crippen LogP contribution in [0, 0.1) is 10.1 Å². The number of nitro groups is 1. The van der Waals surface area contributed by atoms with Gasteiger partial charge in [0.15, 0.2) is 0 Å². The van der Waals surface area contributed by atoms with Crippen LogP contribution in [-0.2, 0) is 12.4 Å². The van der Waals surface area contributed by atoms with Crippen molar-refractivity contribution in [1.29, 1.82) is 0 Å². The summed E-state index contributed by atoms with van der Waals surface area (Å²) in [6, 6.07) is 7.25. The maximum atomic E-state index is 13.2. The van der Waals surface area contributed by atoms with Gasteiger partial charge in [0.05, 0.1) is 16.7 Å². The van der Waals surface area contributed by atoms with E-state index in [1.165, 1.54) is 12.1 Å². The third-order valence-corrected chi connectivity index (χ3v) is 3.66. The lowest BCUT2D eigenvalue weighted by Crippen LogP contribution is -2.13. The zero-order valence-electron chi connectivity index (χ0n) is 14.9. The molecule has 8 nitrogen and oxygen atoms in total. The van der Waals surface area contributed by atoms with E-state index in [2.05, 4.69) is 15.3 Å². The summed E-state index contributed by atoms with van der Waals surface area (Å²) in [7, 11) is 0. The molecule has 2 aromatic carbocycles. The van der Waals surface area contributed by atoms with Gasteiger partial charge in [0, 0.05) is 12.1 Å². The number of ether oxygens (including phenoxy) is 1. The first-order valence-corrected chi connectivity index (χ1v) is 8.11. The maximum Gasteiger partial charge on any atom is 0.453 e. The number of aromatic nitrogens is 3. The smallest absolute Gasteiger partial charge is 0.423 e. The first-order valence-electron chi connectivity index (χ1n) is 8.11. The molecule has 0 aliphatic heterocycles. The molecule has 3 aromatic rings. The predicted octanol–water partition coefficient (Wildman–Crippen LogP) is 4.90. The highest BCUT2D eigenvalue weighted by atomic mass is 19.4. The average molecular weight is 445 g/mol. The molecule has 0 radical (unpaired) electrons. The number of alkyl halides is 6. The van der Waals surface area contributed by atoms with Crippen LogP contribution < -0.4 is 4.74 Å². The molecule has 3 rings (SSSR count). The van der Waals surface area contributed by atoms with Gasteiger partial charge in [0.2, 0.25) is 0 Å². The Bertz CT molecular complexity index is 1120. The second-order valence-corrected chi connectivity index (χ2v) is 5.84. The molecule has 0 aliphatic carbocycles. The lowest BCUT2D eigenvalue weighted by Gasteiger charge is -2.10. The molecule has 31 heavy (non-hydrogen) atoms. The van der Waals surface area contributed by atoms with Gasteiger partial charge in [-0.05, 0) is 35.9 Å². The van der Waals surface area contributed by atoms with Crippen molar-refractivity contribution in [2.24, 2.45) is 5.10 Å². The normalized spacial score (nSPS) is 12.3. The summed E-state index contributed by atoms with van der Waals surface area (Å²) in [6.45, 7) is 0. The van der Waals surface area contributed by atoms with Crippen LogP contribution in [0.3, 0.4) is 0 Å². The van der Waals surface area contributed by atoms with Gasteiger partial charge in [-0.2, -0.15) is 36.1 Å². The fraction of sp³-hybridized carbons (Fsp3) is 0.118. The summed E-state index contributed by atoms with van der Waals surface area (Å²) in [4.78, 5) is 9.99. The molecule has 0 spiro atoms. The molecule has 162 valence electrons. The van der Waals surface area contributed by atoms with Gasteiger partial charge >= 0.3 is 18.4 Å². The van der Waals surface area contributed by atoms with Crippen LogP contribution in [0.15, 0.2) is 53.6 Å². The fourth-order valence-electron chi connectivity index (χ4n) is 2.26. The van der Waals surface area contributed by atoms with E-state index < -0.39 is 40.4 Å². The second kappa shape index (κ2) is 8.04. The molecule has 1 heterocycles. The number of nitrogens with zero attached hydrogens (tertiary/aromatic N) is 5. The van der Waals surface area contributed by atoms with Crippen LogP contribution in [0.1, 0.15) is 17.0 Å². The van der Waals surface area contributed by atoms with Crippen LogP contribution in [0.2, 0.25) is 0 Å². The van der Waals surface area contributed by atoms with Crippen molar-refractivity contribution in [3.05, 3.63) is 75.6 Å². The van der Waals surface area contributed by atoms with Crippen LogP contribution in [0.5, 0.6) is 11.8 Å². The van der Waals surface area contributed by atoms with E-state index in [1.807, 2.05) is 0 Å². The van der Waals surface area contributed by atoms with Crippen molar-refractivity contribution in [2.45, 2.75) is 12.4 Å². The molecular formula is C17H9F6N5O3. The summed E-state index contributed by atoms with van der Waals surface area (Å²) in [5.74, 6) is -2.03. The van der Waals surface area contributed by atoms with Crippen molar-refractivity contribution >= 4 is 11.9 Å². The van der Waals surface area contributed by atoms with Crippen molar-refractivity contribution in [3.63, 3.8) is 0 Å². The van der Waals surface area contributed by atoms with E-state index in [1.54, 1.807) is 0 Å². The SMILES string of the molecule is O=[N+]([O-])c1ccc(/C=N/n2c(Oc3cccc(C(F)(F)F)c3)nnc2C(F)(F)F)cc1. The summed E-state index contributed by atoms with van der Waals surface area (Å²) in [6.07, 6.45) is -8.78. The molecule has 0 fully saturated rings. The maximum absolute atomic E-state index is 13.2. The number of hydrogen-bond acceptors (Lipinski definition) is 6. The summed E-state index contributed by atoms with van der Waals surface area (Å²) >= 11 is 0. The van der Waals surface area contributed by atoms with E-state index in [0.29, 0.717) is 6.07 Å². The van der Waals surface area contributed by atoms with Gasteiger partial charge in [-0.25, -0.2) is 0 Å². The topological polar surface area (TPSA) is 95.4 Å². The Hall–Kier alpha value is -3.97. The Morgan fingerprint density at radius 3 is 2.26 bits per heavy atom. The molecule has 0 saturated carbocycles. The molecule has 0 N–H and O–H groups in total. The molecule has 1 aromatic heterocycles. The quantitative estimate of drug-likeness (QED) is 0.241. The van der Waals surface area contributed by atoms with Crippen LogP contribution >= 0.6 is 0 Å². The molecule has 0 bridgehead atoms. The second-order valence-electron chi connectivity index (χ2n) is 5.84. The Kier molecular flexibility index (Phi) is 5.64. The van der Waals surface area contributed by atoms with Crippen molar-refractivity contribution in [1.82, 2.24) is 14.9 Å². The highest BCUT2D eigenvalue weighted by Crippen LogP contribution is 2.34. The molecule has 0 amide bonds. The van der Waals surface area contributed by atoms with E-state index in [9.17, 15) is 36.5 Å². The van der Waals surface area contributed by atoms with Crippen LogP contribution in [-0.4, -0.2) is 26.0 Å². The van der Waals surface area contributed by atoms with Gasteiger partial charge in [-0.1, -0.05) is 11.2 Å².